The van der Waals surface area contributed by atoms with Crippen LogP contribution in [-0.2, 0) is 9.84 Å². The lowest BCUT2D eigenvalue weighted by molar-refractivity contribution is 0.511. The van der Waals surface area contributed by atoms with Crippen molar-refractivity contribution >= 4 is 15.5 Å². The highest BCUT2D eigenvalue weighted by atomic mass is 32.2. The van der Waals surface area contributed by atoms with Gasteiger partial charge in [-0.2, -0.15) is 0 Å². The summed E-state index contributed by atoms with van der Waals surface area (Å²) in [5.74, 6) is 0.516. The second-order valence-corrected chi connectivity index (χ2v) is 6.72. The maximum absolute atomic E-state index is 11.4. The third kappa shape index (κ3) is 4.04. The fraction of sp³-hybridized carbons (Fsp3) is 0.538. The molecule has 0 bridgehead atoms. The first-order chi connectivity index (χ1) is 7.84. The van der Waals surface area contributed by atoms with Crippen LogP contribution in [0.4, 0.5) is 5.69 Å². The van der Waals surface area contributed by atoms with Crippen molar-refractivity contribution in [1.29, 1.82) is 0 Å². The SMILES string of the molecule is CCC(Nc1cccc(S(C)(=O)=O)c1)C(C)C. The molecule has 0 radical (unpaired) electrons. The Balaban J connectivity index is 2.93. The molecule has 0 saturated heterocycles. The largest absolute Gasteiger partial charge is 0.382 e. The van der Waals surface area contributed by atoms with E-state index in [1.54, 1.807) is 18.2 Å². The molecular weight excluding hydrogens is 234 g/mol. The molecule has 1 aromatic carbocycles. The Hall–Kier alpha value is -1.03. The normalized spacial score (nSPS) is 13.7. The Morgan fingerprint density at radius 1 is 1.29 bits per heavy atom. The summed E-state index contributed by atoms with van der Waals surface area (Å²) in [4.78, 5) is 0.362. The number of rotatable bonds is 5. The average Bonchev–Trinajstić information content (AvgIpc) is 2.24. The molecule has 1 aromatic rings. The zero-order chi connectivity index (χ0) is 13.1. The molecule has 1 N–H and O–H groups in total. The van der Waals surface area contributed by atoms with E-state index in [0.717, 1.165) is 12.1 Å². The fourth-order valence-corrected chi connectivity index (χ4v) is 2.44. The van der Waals surface area contributed by atoms with Crippen molar-refractivity contribution in [3.63, 3.8) is 0 Å². The molecule has 0 heterocycles. The molecule has 0 spiro atoms. The zero-order valence-electron chi connectivity index (χ0n) is 10.9. The number of sulfone groups is 1. The summed E-state index contributed by atoms with van der Waals surface area (Å²) in [6, 6.07) is 7.35. The van der Waals surface area contributed by atoms with Crippen LogP contribution in [-0.4, -0.2) is 20.7 Å². The van der Waals surface area contributed by atoms with E-state index in [1.165, 1.54) is 6.26 Å². The molecule has 0 amide bonds. The minimum Gasteiger partial charge on any atom is -0.382 e. The van der Waals surface area contributed by atoms with Gasteiger partial charge in [-0.1, -0.05) is 26.8 Å². The molecule has 0 aliphatic rings. The van der Waals surface area contributed by atoms with Crippen molar-refractivity contribution in [2.45, 2.75) is 38.1 Å². The Morgan fingerprint density at radius 2 is 1.94 bits per heavy atom. The number of hydrogen-bond acceptors (Lipinski definition) is 3. The number of anilines is 1. The van der Waals surface area contributed by atoms with E-state index in [2.05, 4.69) is 26.1 Å². The van der Waals surface area contributed by atoms with Crippen LogP contribution in [0.3, 0.4) is 0 Å². The van der Waals surface area contributed by atoms with Crippen molar-refractivity contribution in [2.24, 2.45) is 5.92 Å². The maximum atomic E-state index is 11.4. The molecule has 1 rings (SSSR count). The first-order valence-corrected chi connectivity index (χ1v) is 7.80. The highest BCUT2D eigenvalue weighted by Gasteiger charge is 2.12. The Morgan fingerprint density at radius 3 is 2.41 bits per heavy atom. The molecule has 96 valence electrons. The average molecular weight is 255 g/mol. The van der Waals surface area contributed by atoms with Gasteiger partial charge in [0.15, 0.2) is 9.84 Å². The summed E-state index contributed by atoms with van der Waals surface area (Å²) < 4.78 is 22.9. The first kappa shape index (κ1) is 14.0. The Bertz CT molecular complexity index is 466. The molecule has 3 nitrogen and oxygen atoms in total. The topological polar surface area (TPSA) is 46.2 Å². The highest BCUT2D eigenvalue weighted by Crippen LogP contribution is 2.19. The van der Waals surface area contributed by atoms with Crippen molar-refractivity contribution in [1.82, 2.24) is 0 Å². The van der Waals surface area contributed by atoms with Crippen molar-refractivity contribution < 1.29 is 8.42 Å². The second-order valence-electron chi connectivity index (χ2n) is 4.70. The van der Waals surface area contributed by atoms with Gasteiger partial charge in [-0.05, 0) is 30.5 Å². The summed E-state index contributed by atoms with van der Waals surface area (Å²) in [5, 5.41) is 3.38. The van der Waals surface area contributed by atoms with E-state index >= 15 is 0 Å². The van der Waals surface area contributed by atoms with Crippen molar-refractivity contribution in [2.75, 3.05) is 11.6 Å². The summed E-state index contributed by atoms with van der Waals surface area (Å²) in [5.41, 5.74) is 0.869. The van der Waals surface area contributed by atoms with Gasteiger partial charge in [0.05, 0.1) is 4.90 Å². The van der Waals surface area contributed by atoms with Crippen LogP contribution in [0.1, 0.15) is 27.2 Å². The van der Waals surface area contributed by atoms with E-state index in [9.17, 15) is 8.42 Å². The maximum Gasteiger partial charge on any atom is 0.175 e. The van der Waals surface area contributed by atoms with Gasteiger partial charge in [0.25, 0.3) is 0 Å². The van der Waals surface area contributed by atoms with Gasteiger partial charge in [0, 0.05) is 18.0 Å². The van der Waals surface area contributed by atoms with Crippen LogP contribution in [0.5, 0.6) is 0 Å². The molecule has 17 heavy (non-hydrogen) atoms. The molecule has 0 aliphatic heterocycles. The lowest BCUT2D eigenvalue weighted by Crippen LogP contribution is -2.24. The third-order valence-corrected chi connectivity index (χ3v) is 3.97. The second kappa shape index (κ2) is 5.54. The van der Waals surface area contributed by atoms with Crippen LogP contribution in [0.15, 0.2) is 29.2 Å². The van der Waals surface area contributed by atoms with Gasteiger partial charge in [-0.3, -0.25) is 0 Å². The lowest BCUT2D eigenvalue weighted by atomic mass is 10.0. The quantitative estimate of drug-likeness (QED) is 0.880. The molecule has 1 unspecified atom stereocenters. The molecule has 0 aromatic heterocycles. The van der Waals surface area contributed by atoms with Gasteiger partial charge in [-0.15, -0.1) is 0 Å². The highest BCUT2D eigenvalue weighted by molar-refractivity contribution is 7.90. The van der Waals surface area contributed by atoms with Crippen molar-refractivity contribution in [3.8, 4) is 0 Å². The van der Waals surface area contributed by atoms with E-state index in [4.69, 9.17) is 0 Å². The van der Waals surface area contributed by atoms with Gasteiger partial charge < -0.3 is 5.32 Å². The molecule has 4 heteroatoms. The van der Waals surface area contributed by atoms with Gasteiger partial charge in [0.1, 0.15) is 0 Å². The van der Waals surface area contributed by atoms with E-state index in [0.29, 0.717) is 16.9 Å². The smallest absolute Gasteiger partial charge is 0.175 e. The van der Waals surface area contributed by atoms with E-state index < -0.39 is 9.84 Å². The standard InChI is InChI=1S/C13H21NO2S/c1-5-13(10(2)3)14-11-7-6-8-12(9-11)17(4,15)16/h6-10,13-14H,5H2,1-4H3. The fourth-order valence-electron chi connectivity index (χ4n) is 1.77. The monoisotopic (exact) mass is 255 g/mol. The first-order valence-electron chi connectivity index (χ1n) is 5.91. The summed E-state index contributed by atoms with van der Waals surface area (Å²) in [7, 11) is -3.13. The predicted octanol–water partition coefficient (Wildman–Crippen LogP) is 2.94. The summed E-state index contributed by atoms with van der Waals surface area (Å²) >= 11 is 0. The van der Waals surface area contributed by atoms with Gasteiger partial charge in [-0.25, -0.2) is 8.42 Å². The Kier molecular flexibility index (Phi) is 4.57. The summed E-state index contributed by atoms with van der Waals surface area (Å²) in [6.07, 6.45) is 2.24. The van der Waals surface area contributed by atoms with Crippen molar-refractivity contribution in [3.05, 3.63) is 24.3 Å². The number of nitrogens with one attached hydrogen (secondary N) is 1. The van der Waals surface area contributed by atoms with Crippen LogP contribution in [0, 0.1) is 5.92 Å². The van der Waals surface area contributed by atoms with Crippen LogP contribution in [0.25, 0.3) is 0 Å². The lowest BCUT2D eigenvalue weighted by Gasteiger charge is -2.22. The van der Waals surface area contributed by atoms with E-state index in [1.807, 2.05) is 6.07 Å². The third-order valence-electron chi connectivity index (χ3n) is 2.86. The summed E-state index contributed by atoms with van der Waals surface area (Å²) in [6.45, 7) is 6.43. The number of hydrogen-bond donors (Lipinski definition) is 1. The number of benzene rings is 1. The van der Waals surface area contributed by atoms with Gasteiger partial charge >= 0.3 is 0 Å². The van der Waals surface area contributed by atoms with Crippen LogP contribution in [0.2, 0.25) is 0 Å². The Labute approximate surface area is 104 Å². The predicted molar refractivity (Wildman–Crippen MR) is 72.1 cm³/mol. The zero-order valence-corrected chi connectivity index (χ0v) is 11.7. The minimum atomic E-state index is -3.13. The molecule has 0 aliphatic carbocycles. The van der Waals surface area contributed by atoms with Gasteiger partial charge in [0.2, 0.25) is 0 Å². The van der Waals surface area contributed by atoms with Crippen LogP contribution < -0.4 is 5.32 Å². The molecule has 0 fully saturated rings. The minimum absolute atomic E-state index is 0.362. The van der Waals surface area contributed by atoms with E-state index in [-0.39, 0.29) is 0 Å². The van der Waals surface area contributed by atoms with Crippen LogP contribution >= 0.6 is 0 Å². The molecule has 0 saturated carbocycles. The molecule has 1 atom stereocenters. The molecular formula is C13H21NO2S.